The fourth-order valence-electron chi connectivity index (χ4n) is 2.80. The van der Waals surface area contributed by atoms with Crippen LogP contribution in [0.2, 0.25) is 0 Å². The van der Waals surface area contributed by atoms with Gasteiger partial charge in [0, 0.05) is 36.2 Å². The fourth-order valence-corrected chi connectivity index (χ4v) is 3.94. The molecule has 1 saturated heterocycles. The predicted molar refractivity (Wildman–Crippen MR) is 81.0 cm³/mol. The minimum atomic E-state index is -0.174. The maximum absolute atomic E-state index is 13.2. The van der Waals surface area contributed by atoms with Crippen molar-refractivity contribution in [3.05, 3.63) is 35.1 Å². The Morgan fingerprint density at radius 2 is 2.21 bits per heavy atom. The van der Waals surface area contributed by atoms with Gasteiger partial charge in [-0.25, -0.2) is 4.39 Å². The number of halogens is 1. The topological polar surface area (TPSA) is 29.3 Å². The molecule has 0 saturated carbocycles. The summed E-state index contributed by atoms with van der Waals surface area (Å²) in [6.45, 7) is 9.16. The molecule has 106 valence electrons. The molecule has 1 fully saturated rings. The van der Waals surface area contributed by atoms with E-state index in [1.807, 2.05) is 24.8 Å². The van der Waals surface area contributed by atoms with Gasteiger partial charge >= 0.3 is 0 Å². The lowest BCUT2D eigenvalue weighted by Crippen LogP contribution is -2.46. The van der Waals surface area contributed by atoms with Crippen molar-refractivity contribution in [1.82, 2.24) is 4.90 Å². The molecule has 0 bridgehead atoms. The Morgan fingerprint density at radius 1 is 1.47 bits per heavy atom. The van der Waals surface area contributed by atoms with Gasteiger partial charge in [0.25, 0.3) is 0 Å². The lowest BCUT2D eigenvalue weighted by Gasteiger charge is -2.42. The molecule has 2 nitrogen and oxygen atoms in total. The van der Waals surface area contributed by atoms with Crippen molar-refractivity contribution in [2.75, 3.05) is 25.4 Å². The van der Waals surface area contributed by atoms with Gasteiger partial charge in [-0.2, -0.15) is 11.8 Å². The Morgan fingerprint density at radius 3 is 2.79 bits per heavy atom. The van der Waals surface area contributed by atoms with Crippen LogP contribution < -0.4 is 5.73 Å². The van der Waals surface area contributed by atoms with Gasteiger partial charge in [0.15, 0.2) is 0 Å². The molecule has 1 aliphatic rings. The van der Waals surface area contributed by atoms with Crippen LogP contribution in [0.25, 0.3) is 0 Å². The van der Waals surface area contributed by atoms with Crippen LogP contribution in [0.5, 0.6) is 0 Å². The van der Waals surface area contributed by atoms with Gasteiger partial charge in [-0.05, 0) is 44.0 Å². The molecular formula is C15H23FN2S. The summed E-state index contributed by atoms with van der Waals surface area (Å²) in [5, 5.41) is 0. The summed E-state index contributed by atoms with van der Waals surface area (Å²) in [5.74, 6) is 0.954. The molecule has 0 aliphatic carbocycles. The summed E-state index contributed by atoms with van der Waals surface area (Å²) in [6.07, 6.45) is 0. The summed E-state index contributed by atoms with van der Waals surface area (Å²) in [7, 11) is 0. The molecule has 1 atom stereocenters. The number of aryl methyl sites for hydroxylation is 1. The molecular weight excluding hydrogens is 259 g/mol. The minimum absolute atomic E-state index is 0.174. The van der Waals surface area contributed by atoms with E-state index < -0.39 is 0 Å². The Kier molecular flexibility index (Phi) is 4.54. The van der Waals surface area contributed by atoms with E-state index in [1.165, 1.54) is 6.07 Å². The molecule has 0 amide bonds. The number of thioether (sulfide) groups is 1. The zero-order chi connectivity index (χ0) is 14.0. The predicted octanol–water partition coefficient (Wildman–Crippen LogP) is 2.96. The lowest BCUT2D eigenvalue weighted by molar-refractivity contribution is 0.191. The standard InChI is InChI=1S/C15H23FN2S/c1-11-8-12(16)4-5-13(11)14(9-17)18-6-7-19-15(2,3)10-18/h4-5,8,14H,6-7,9-10,17H2,1-3H3. The van der Waals surface area contributed by atoms with Crippen LogP contribution in [0.1, 0.15) is 31.0 Å². The second-order valence-electron chi connectivity index (χ2n) is 5.83. The molecule has 2 rings (SSSR count). The highest BCUT2D eigenvalue weighted by Crippen LogP contribution is 2.34. The molecule has 19 heavy (non-hydrogen) atoms. The lowest BCUT2D eigenvalue weighted by atomic mass is 9.98. The van der Waals surface area contributed by atoms with Crippen LogP contribution in [0.15, 0.2) is 18.2 Å². The number of hydrogen-bond acceptors (Lipinski definition) is 3. The average Bonchev–Trinajstić information content (AvgIpc) is 2.31. The molecule has 0 spiro atoms. The molecule has 1 aromatic rings. The minimum Gasteiger partial charge on any atom is -0.329 e. The Labute approximate surface area is 119 Å². The fraction of sp³-hybridized carbons (Fsp3) is 0.600. The van der Waals surface area contributed by atoms with Gasteiger partial charge in [0.05, 0.1) is 0 Å². The maximum Gasteiger partial charge on any atom is 0.123 e. The Bertz CT molecular complexity index is 448. The van der Waals surface area contributed by atoms with Crippen LogP contribution in [0, 0.1) is 12.7 Å². The zero-order valence-electron chi connectivity index (χ0n) is 11.9. The SMILES string of the molecule is Cc1cc(F)ccc1C(CN)N1CCSC(C)(C)C1. The maximum atomic E-state index is 13.2. The first-order chi connectivity index (χ1) is 8.93. The quantitative estimate of drug-likeness (QED) is 0.924. The van der Waals surface area contributed by atoms with E-state index in [1.54, 1.807) is 6.07 Å². The Hall–Kier alpha value is -0.580. The summed E-state index contributed by atoms with van der Waals surface area (Å²) < 4.78 is 13.5. The molecule has 1 unspecified atom stereocenters. The second kappa shape index (κ2) is 5.81. The van der Waals surface area contributed by atoms with Gasteiger partial charge in [0.1, 0.15) is 5.82 Å². The summed E-state index contributed by atoms with van der Waals surface area (Å²) in [6, 6.07) is 5.22. The first kappa shape index (κ1) is 14.8. The molecule has 1 aromatic carbocycles. The first-order valence-electron chi connectivity index (χ1n) is 6.77. The summed E-state index contributed by atoms with van der Waals surface area (Å²) in [4.78, 5) is 2.44. The highest BCUT2D eigenvalue weighted by Gasteiger charge is 2.31. The van der Waals surface area contributed by atoms with Gasteiger partial charge in [-0.15, -0.1) is 0 Å². The largest absolute Gasteiger partial charge is 0.329 e. The average molecular weight is 282 g/mol. The first-order valence-corrected chi connectivity index (χ1v) is 7.75. The van der Waals surface area contributed by atoms with E-state index in [-0.39, 0.29) is 16.6 Å². The van der Waals surface area contributed by atoms with Crippen molar-refractivity contribution < 1.29 is 4.39 Å². The Balaban J connectivity index is 2.24. The number of benzene rings is 1. The second-order valence-corrected chi connectivity index (χ2v) is 7.63. The van der Waals surface area contributed by atoms with Crippen molar-refractivity contribution >= 4 is 11.8 Å². The zero-order valence-corrected chi connectivity index (χ0v) is 12.8. The molecule has 2 N–H and O–H groups in total. The van der Waals surface area contributed by atoms with E-state index >= 15 is 0 Å². The van der Waals surface area contributed by atoms with Gasteiger partial charge in [-0.1, -0.05) is 6.07 Å². The van der Waals surface area contributed by atoms with Gasteiger partial charge in [-0.3, -0.25) is 4.90 Å². The highest BCUT2D eigenvalue weighted by atomic mass is 32.2. The van der Waals surface area contributed by atoms with E-state index in [4.69, 9.17) is 5.73 Å². The summed E-state index contributed by atoms with van der Waals surface area (Å²) in [5.41, 5.74) is 8.14. The van der Waals surface area contributed by atoms with Crippen molar-refractivity contribution in [1.29, 1.82) is 0 Å². The van der Waals surface area contributed by atoms with E-state index in [0.717, 1.165) is 30.0 Å². The molecule has 0 aromatic heterocycles. The third-order valence-corrected chi connectivity index (χ3v) is 5.01. The van der Waals surface area contributed by atoms with E-state index in [2.05, 4.69) is 18.7 Å². The number of hydrogen-bond donors (Lipinski definition) is 1. The van der Waals surface area contributed by atoms with Crippen molar-refractivity contribution in [3.8, 4) is 0 Å². The van der Waals surface area contributed by atoms with Crippen LogP contribution in [-0.2, 0) is 0 Å². The number of nitrogens with two attached hydrogens (primary N) is 1. The van der Waals surface area contributed by atoms with Crippen molar-refractivity contribution in [2.45, 2.75) is 31.6 Å². The third kappa shape index (κ3) is 3.50. The van der Waals surface area contributed by atoms with Gasteiger partial charge < -0.3 is 5.73 Å². The monoisotopic (exact) mass is 282 g/mol. The number of rotatable bonds is 3. The van der Waals surface area contributed by atoms with Crippen molar-refractivity contribution in [3.63, 3.8) is 0 Å². The third-order valence-electron chi connectivity index (χ3n) is 3.71. The molecule has 0 radical (unpaired) electrons. The van der Waals surface area contributed by atoms with Crippen LogP contribution in [0.4, 0.5) is 4.39 Å². The van der Waals surface area contributed by atoms with Crippen LogP contribution in [0.3, 0.4) is 0 Å². The molecule has 4 heteroatoms. The molecule has 1 aliphatic heterocycles. The normalized spacial score (nSPS) is 21.3. The highest BCUT2D eigenvalue weighted by molar-refractivity contribution is 8.00. The van der Waals surface area contributed by atoms with Crippen LogP contribution in [-0.4, -0.2) is 35.0 Å². The van der Waals surface area contributed by atoms with Gasteiger partial charge in [0.2, 0.25) is 0 Å². The molecule has 1 heterocycles. The van der Waals surface area contributed by atoms with E-state index in [0.29, 0.717) is 6.54 Å². The van der Waals surface area contributed by atoms with Crippen molar-refractivity contribution in [2.24, 2.45) is 5.73 Å². The smallest absolute Gasteiger partial charge is 0.123 e. The van der Waals surface area contributed by atoms with Crippen LogP contribution >= 0.6 is 11.8 Å². The number of nitrogens with zero attached hydrogens (tertiary/aromatic N) is 1. The summed E-state index contributed by atoms with van der Waals surface area (Å²) >= 11 is 2.01. The van der Waals surface area contributed by atoms with E-state index in [9.17, 15) is 4.39 Å².